The van der Waals surface area contributed by atoms with Gasteiger partial charge in [-0.3, -0.25) is 0 Å². The van der Waals surface area contributed by atoms with E-state index in [4.69, 9.17) is 15.7 Å². The number of pyridine rings is 3. The topological polar surface area (TPSA) is 104 Å². The van der Waals surface area contributed by atoms with Crippen molar-refractivity contribution in [2.45, 2.75) is 37.8 Å². The standard InChI is InChI=1S/C27H25N7.ClH/c28-16-17-7-9-30-25(12-17)33-26-15-21(18-3-4-18)14-23(32-26)20-6-5-19-8-10-31-27(22(19)13-20)34-11-1-2-24(34)29;/h5-10,12-15,18,24H,1-4,11,29H2,(H,30,32,33);1H/t24-;/m1./s1. The molecule has 4 aromatic rings. The molecule has 1 aliphatic heterocycles. The second-order valence-electron chi connectivity index (χ2n) is 9.09. The SMILES string of the molecule is Cl.N#Cc1ccnc(Nc2cc(C3CC3)cc(-c3ccc4ccnc(N5CCC[C@@H]5N)c4c3)n2)c1. The van der Waals surface area contributed by atoms with Crippen molar-refractivity contribution in [3.63, 3.8) is 0 Å². The van der Waals surface area contributed by atoms with Gasteiger partial charge >= 0.3 is 0 Å². The van der Waals surface area contributed by atoms with Gasteiger partial charge in [0.05, 0.1) is 23.5 Å². The van der Waals surface area contributed by atoms with Gasteiger partial charge < -0.3 is 16.0 Å². The maximum Gasteiger partial charge on any atom is 0.137 e. The number of fused-ring (bicyclic) bond motifs is 1. The zero-order chi connectivity index (χ0) is 23.1. The lowest BCUT2D eigenvalue weighted by Crippen LogP contribution is -2.37. The van der Waals surface area contributed by atoms with E-state index >= 15 is 0 Å². The average Bonchev–Trinajstić information content (AvgIpc) is 3.64. The summed E-state index contributed by atoms with van der Waals surface area (Å²) in [7, 11) is 0. The number of hydrogen-bond donors (Lipinski definition) is 2. The van der Waals surface area contributed by atoms with Crippen molar-refractivity contribution in [2.75, 3.05) is 16.8 Å². The Bertz CT molecular complexity index is 1430. The van der Waals surface area contributed by atoms with E-state index in [0.717, 1.165) is 53.1 Å². The molecule has 0 radical (unpaired) electrons. The minimum atomic E-state index is 0. The van der Waals surface area contributed by atoms with Crippen LogP contribution < -0.4 is 16.0 Å². The van der Waals surface area contributed by atoms with Gasteiger partial charge in [0.2, 0.25) is 0 Å². The number of anilines is 3. The Labute approximate surface area is 210 Å². The number of hydrogen-bond acceptors (Lipinski definition) is 7. The molecule has 1 saturated carbocycles. The Kier molecular flexibility index (Phi) is 6.25. The number of rotatable bonds is 5. The average molecular weight is 484 g/mol. The van der Waals surface area contributed by atoms with Crippen molar-refractivity contribution in [1.82, 2.24) is 15.0 Å². The van der Waals surface area contributed by atoms with Crippen LogP contribution in [0.3, 0.4) is 0 Å². The van der Waals surface area contributed by atoms with Crippen LogP contribution in [-0.4, -0.2) is 27.7 Å². The molecule has 0 unspecified atom stereocenters. The predicted octanol–water partition coefficient (Wildman–Crippen LogP) is 5.49. The second-order valence-corrected chi connectivity index (χ2v) is 9.09. The van der Waals surface area contributed by atoms with Crippen LogP contribution in [0.1, 0.15) is 42.7 Å². The first-order valence-corrected chi connectivity index (χ1v) is 11.7. The van der Waals surface area contributed by atoms with E-state index in [1.54, 1.807) is 18.3 Å². The van der Waals surface area contributed by atoms with Gasteiger partial charge in [-0.05, 0) is 78.9 Å². The third-order valence-electron chi connectivity index (χ3n) is 6.65. The number of nitrogens with zero attached hydrogens (tertiary/aromatic N) is 5. The summed E-state index contributed by atoms with van der Waals surface area (Å²) in [6.45, 7) is 0.926. The Morgan fingerprint density at radius 1 is 0.971 bits per heavy atom. The number of benzene rings is 1. The molecular weight excluding hydrogens is 458 g/mol. The maximum absolute atomic E-state index is 9.21. The summed E-state index contributed by atoms with van der Waals surface area (Å²) in [6.07, 6.45) is 7.96. The Hall–Kier alpha value is -3.73. The summed E-state index contributed by atoms with van der Waals surface area (Å²) in [5, 5.41) is 14.7. The lowest BCUT2D eigenvalue weighted by atomic mass is 10.0. The fourth-order valence-corrected chi connectivity index (χ4v) is 4.71. The zero-order valence-corrected chi connectivity index (χ0v) is 20.0. The zero-order valence-electron chi connectivity index (χ0n) is 19.2. The predicted molar refractivity (Wildman–Crippen MR) is 141 cm³/mol. The van der Waals surface area contributed by atoms with E-state index in [9.17, 15) is 5.26 Å². The molecule has 0 spiro atoms. The first kappa shape index (κ1) is 23.0. The summed E-state index contributed by atoms with van der Waals surface area (Å²) in [6, 6.07) is 18.4. The molecule has 7 nitrogen and oxygen atoms in total. The normalized spacial score (nSPS) is 17.1. The largest absolute Gasteiger partial charge is 0.341 e. The van der Waals surface area contributed by atoms with Crippen LogP contribution in [0.25, 0.3) is 22.0 Å². The molecule has 3 aromatic heterocycles. The smallest absolute Gasteiger partial charge is 0.137 e. The second kappa shape index (κ2) is 9.49. The number of nitriles is 1. The number of nitrogens with one attached hydrogen (secondary N) is 1. The summed E-state index contributed by atoms with van der Waals surface area (Å²) in [4.78, 5) is 16.2. The molecule has 1 aliphatic carbocycles. The van der Waals surface area contributed by atoms with Gasteiger partial charge in [-0.25, -0.2) is 15.0 Å². The fourth-order valence-electron chi connectivity index (χ4n) is 4.71. The Balaban J connectivity index is 0.00000253. The maximum atomic E-state index is 9.21. The van der Waals surface area contributed by atoms with Crippen LogP contribution >= 0.6 is 12.4 Å². The molecule has 0 bridgehead atoms. The van der Waals surface area contributed by atoms with Crippen molar-refractivity contribution < 1.29 is 0 Å². The lowest BCUT2D eigenvalue weighted by Gasteiger charge is -2.24. The highest BCUT2D eigenvalue weighted by molar-refractivity contribution is 5.95. The van der Waals surface area contributed by atoms with Crippen LogP contribution in [0, 0.1) is 11.3 Å². The van der Waals surface area contributed by atoms with Gasteiger partial charge in [-0.15, -0.1) is 12.4 Å². The highest BCUT2D eigenvalue weighted by atomic mass is 35.5. The minimum absolute atomic E-state index is 0. The molecule has 8 heteroatoms. The van der Waals surface area contributed by atoms with Crippen molar-refractivity contribution in [2.24, 2.45) is 5.73 Å². The van der Waals surface area contributed by atoms with Gasteiger partial charge in [0, 0.05) is 29.9 Å². The Morgan fingerprint density at radius 2 is 1.83 bits per heavy atom. The molecule has 3 N–H and O–H groups in total. The van der Waals surface area contributed by atoms with E-state index in [1.807, 2.05) is 12.3 Å². The van der Waals surface area contributed by atoms with E-state index in [-0.39, 0.29) is 18.6 Å². The van der Waals surface area contributed by atoms with Crippen LogP contribution in [0.4, 0.5) is 17.5 Å². The highest BCUT2D eigenvalue weighted by Gasteiger charge is 2.26. The van der Waals surface area contributed by atoms with E-state index in [0.29, 0.717) is 17.3 Å². The summed E-state index contributed by atoms with van der Waals surface area (Å²) in [5.41, 5.74) is 10.1. The van der Waals surface area contributed by atoms with Gasteiger partial charge in [0.15, 0.2) is 0 Å². The van der Waals surface area contributed by atoms with E-state index < -0.39 is 0 Å². The quantitative estimate of drug-likeness (QED) is 0.386. The van der Waals surface area contributed by atoms with E-state index in [2.05, 4.69) is 51.6 Å². The lowest BCUT2D eigenvalue weighted by molar-refractivity contribution is 0.696. The third kappa shape index (κ3) is 4.63. The van der Waals surface area contributed by atoms with Crippen LogP contribution in [0.5, 0.6) is 0 Å². The van der Waals surface area contributed by atoms with E-state index in [1.165, 1.54) is 18.4 Å². The molecule has 1 atom stereocenters. The molecule has 2 fully saturated rings. The van der Waals surface area contributed by atoms with Crippen molar-refractivity contribution in [3.8, 4) is 17.3 Å². The fraction of sp³-hybridized carbons (Fsp3) is 0.259. The van der Waals surface area contributed by atoms with Gasteiger partial charge in [0.25, 0.3) is 0 Å². The molecule has 1 aromatic carbocycles. The molecular formula is C27H26ClN7. The van der Waals surface area contributed by atoms with Crippen molar-refractivity contribution in [1.29, 1.82) is 5.26 Å². The molecule has 6 rings (SSSR count). The van der Waals surface area contributed by atoms with Crippen molar-refractivity contribution >= 4 is 40.6 Å². The van der Waals surface area contributed by atoms with Crippen LogP contribution in [-0.2, 0) is 0 Å². The summed E-state index contributed by atoms with van der Waals surface area (Å²) >= 11 is 0. The molecule has 1 saturated heterocycles. The van der Waals surface area contributed by atoms with Gasteiger partial charge in [-0.1, -0.05) is 12.1 Å². The van der Waals surface area contributed by atoms with Gasteiger partial charge in [0.1, 0.15) is 17.5 Å². The first-order chi connectivity index (χ1) is 16.7. The summed E-state index contributed by atoms with van der Waals surface area (Å²) < 4.78 is 0. The molecule has 2 aliphatic rings. The van der Waals surface area contributed by atoms with Crippen LogP contribution in [0.15, 0.2) is 60.9 Å². The van der Waals surface area contributed by atoms with Crippen molar-refractivity contribution in [3.05, 3.63) is 72.1 Å². The third-order valence-corrected chi connectivity index (χ3v) is 6.65. The van der Waals surface area contributed by atoms with Crippen LogP contribution in [0.2, 0.25) is 0 Å². The molecule has 35 heavy (non-hydrogen) atoms. The first-order valence-electron chi connectivity index (χ1n) is 11.7. The highest BCUT2D eigenvalue weighted by Crippen LogP contribution is 2.42. The molecule has 176 valence electrons. The monoisotopic (exact) mass is 483 g/mol. The molecule has 4 heterocycles. The summed E-state index contributed by atoms with van der Waals surface area (Å²) in [5.74, 6) is 2.85. The minimum Gasteiger partial charge on any atom is -0.341 e. The molecule has 0 amide bonds. The number of aromatic nitrogens is 3. The van der Waals surface area contributed by atoms with Gasteiger partial charge in [-0.2, -0.15) is 5.26 Å². The number of halogens is 1. The Morgan fingerprint density at radius 3 is 2.60 bits per heavy atom. The number of nitrogens with two attached hydrogens (primary N) is 1.